The fourth-order valence-electron chi connectivity index (χ4n) is 3.04. The monoisotopic (exact) mass is 288 g/mol. The minimum atomic E-state index is 0.173. The van der Waals surface area contributed by atoms with Gasteiger partial charge in [-0.3, -0.25) is 4.79 Å². The smallest absolute Gasteiger partial charge is 0.227 e. The summed E-state index contributed by atoms with van der Waals surface area (Å²) in [5, 5.41) is 3.01. The van der Waals surface area contributed by atoms with Crippen LogP contribution in [0.4, 0.5) is 11.4 Å². The van der Waals surface area contributed by atoms with Crippen molar-refractivity contribution >= 4 is 17.3 Å². The summed E-state index contributed by atoms with van der Waals surface area (Å²) in [6.07, 6.45) is 5.90. The summed E-state index contributed by atoms with van der Waals surface area (Å²) in [7, 11) is 1.78. The fraction of sp³-hybridized carbons (Fsp3) is 0.588. The van der Waals surface area contributed by atoms with Crippen molar-refractivity contribution in [2.24, 2.45) is 5.92 Å². The molecular formula is C17H24N2O2. The number of rotatable bonds is 4. The molecule has 0 aromatic heterocycles. The van der Waals surface area contributed by atoms with E-state index in [9.17, 15) is 4.79 Å². The molecule has 1 N–H and O–H groups in total. The van der Waals surface area contributed by atoms with Gasteiger partial charge >= 0.3 is 0 Å². The van der Waals surface area contributed by atoms with Crippen LogP contribution in [0.15, 0.2) is 24.3 Å². The van der Waals surface area contributed by atoms with Gasteiger partial charge in [0.15, 0.2) is 0 Å². The van der Waals surface area contributed by atoms with E-state index < -0.39 is 0 Å². The van der Waals surface area contributed by atoms with E-state index >= 15 is 0 Å². The third kappa shape index (κ3) is 3.38. The second-order valence-corrected chi connectivity index (χ2v) is 6.11. The Labute approximate surface area is 126 Å². The Morgan fingerprint density at radius 3 is 2.57 bits per heavy atom. The fourth-order valence-corrected chi connectivity index (χ4v) is 3.04. The highest BCUT2D eigenvalue weighted by molar-refractivity contribution is 5.93. The molecule has 1 amide bonds. The average molecular weight is 288 g/mol. The molecule has 4 heteroatoms. The maximum absolute atomic E-state index is 11.9. The van der Waals surface area contributed by atoms with Crippen LogP contribution in [0.5, 0.6) is 0 Å². The van der Waals surface area contributed by atoms with Crippen molar-refractivity contribution in [1.82, 2.24) is 0 Å². The zero-order valence-corrected chi connectivity index (χ0v) is 12.7. The highest BCUT2D eigenvalue weighted by atomic mass is 16.5. The summed E-state index contributed by atoms with van der Waals surface area (Å²) in [6.45, 7) is 2.03. The van der Waals surface area contributed by atoms with Crippen LogP contribution in [-0.4, -0.2) is 32.2 Å². The topological polar surface area (TPSA) is 41.6 Å². The van der Waals surface area contributed by atoms with Crippen LogP contribution >= 0.6 is 0 Å². The predicted octanol–water partition coefficient (Wildman–Crippen LogP) is 3.04. The van der Waals surface area contributed by atoms with Crippen LogP contribution in [0.3, 0.4) is 0 Å². The molecule has 1 saturated heterocycles. The lowest BCUT2D eigenvalue weighted by molar-refractivity contribution is -0.122. The first-order valence-corrected chi connectivity index (χ1v) is 7.95. The quantitative estimate of drug-likeness (QED) is 0.926. The second-order valence-electron chi connectivity index (χ2n) is 6.11. The van der Waals surface area contributed by atoms with Crippen LogP contribution in [0.25, 0.3) is 0 Å². The Morgan fingerprint density at radius 1 is 1.19 bits per heavy atom. The number of carbonyl (C=O) groups is 1. The van der Waals surface area contributed by atoms with Crippen LogP contribution in [0.2, 0.25) is 0 Å². The van der Waals surface area contributed by atoms with Gasteiger partial charge in [-0.2, -0.15) is 0 Å². The van der Waals surface area contributed by atoms with Gasteiger partial charge in [0, 0.05) is 37.5 Å². The number of hydrogen-bond donors (Lipinski definition) is 1. The zero-order chi connectivity index (χ0) is 14.7. The maximum Gasteiger partial charge on any atom is 0.227 e. The summed E-state index contributed by atoms with van der Waals surface area (Å²) < 4.78 is 5.47. The molecule has 2 fully saturated rings. The molecule has 1 aromatic carbocycles. The molecule has 1 aliphatic carbocycles. The van der Waals surface area contributed by atoms with Crippen molar-refractivity contribution in [1.29, 1.82) is 0 Å². The summed E-state index contributed by atoms with van der Waals surface area (Å²) in [6, 6.07) is 8.19. The van der Waals surface area contributed by atoms with E-state index in [1.165, 1.54) is 18.5 Å². The minimum absolute atomic E-state index is 0.173. The van der Waals surface area contributed by atoms with Gasteiger partial charge in [-0.25, -0.2) is 0 Å². The molecule has 1 aliphatic heterocycles. The van der Waals surface area contributed by atoms with E-state index in [2.05, 4.69) is 22.3 Å². The lowest BCUT2D eigenvalue weighted by atomic mass is 9.85. The summed E-state index contributed by atoms with van der Waals surface area (Å²) in [5.41, 5.74) is 2.11. The molecule has 1 aromatic rings. The van der Waals surface area contributed by atoms with E-state index in [-0.39, 0.29) is 11.8 Å². The Hall–Kier alpha value is -1.55. The third-order valence-corrected chi connectivity index (χ3v) is 4.69. The standard InChI is InChI=1S/C17H24N2O2/c1-21-16-6-3-11-19(12-16)15-9-7-14(8-10-15)18-17(20)13-4-2-5-13/h7-10,13,16H,2-6,11-12H2,1H3,(H,18,20). The van der Waals surface area contributed by atoms with Crippen LogP contribution in [-0.2, 0) is 9.53 Å². The van der Waals surface area contributed by atoms with E-state index in [0.717, 1.165) is 38.0 Å². The number of ether oxygens (including phenoxy) is 1. The SMILES string of the molecule is COC1CCCN(c2ccc(NC(=O)C3CCC3)cc2)C1. The number of benzene rings is 1. The number of piperidine rings is 1. The lowest BCUT2D eigenvalue weighted by Gasteiger charge is -2.33. The maximum atomic E-state index is 11.9. The van der Waals surface area contributed by atoms with Crippen molar-refractivity contribution in [2.75, 3.05) is 30.4 Å². The summed E-state index contributed by atoms with van der Waals surface area (Å²) >= 11 is 0. The van der Waals surface area contributed by atoms with Gasteiger partial charge in [0.05, 0.1) is 6.10 Å². The van der Waals surface area contributed by atoms with Crippen LogP contribution in [0.1, 0.15) is 32.1 Å². The third-order valence-electron chi connectivity index (χ3n) is 4.69. The highest BCUT2D eigenvalue weighted by Crippen LogP contribution is 2.28. The first-order chi connectivity index (χ1) is 10.3. The molecule has 1 saturated carbocycles. The molecule has 2 aliphatic rings. The molecule has 114 valence electrons. The van der Waals surface area contributed by atoms with Gasteiger partial charge in [0.2, 0.25) is 5.91 Å². The Kier molecular flexibility index (Phi) is 4.44. The van der Waals surface area contributed by atoms with Crippen LogP contribution < -0.4 is 10.2 Å². The predicted molar refractivity (Wildman–Crippen MR) is 84.7 cm³/mol. The van der Waals surface area contributed by atoms with Gasteiger partial charge in [-0.15, -0.1) is 0 Å². The molecule has 1 heterocycles. The van der Waals surface area contributed by atoms with Crippen molar-refractivity contribution in [3.05, 3.63) is 24.3 Å². The number of amides is 1. The van der Waals surface area contributed by atoms with Crippen molar-refractivity contribution < 1.29 is 9.53 Å². The molecule has 21 heavy (non-hydrogen) atoms. The first-order valence-electron chi connectivity index (χ1n) is 7.95. The zero-order valence-electron chi connectivity index (χ0n) is 12.7. The second kappa shape index (κ2) is 6.48. The van der Waals surface area contributed by atoms with Crippen molar-refractivity contribution in [2.45, 2.75) is 38.2 Å². The molecule has 0 bridgehead atoms. The number of anilines is 2. The normalized spacial score (nSPS) is 22.7. The average Bonchev–Trinajstić information content (AvgIpc) is 2.46. The van der Waals surface area contributed by atoms with E-state index in [4.69, 9.17) is 4.74 Å². The number of nitrogens with zero attached hydrogens (tertiary/aromatic N) is 1. The molecule has 3 rings (SSSR count). The van der Waals surface area contributed by atoms with E-state index in [1.54, 1.807) is 7.11 Å². The molecule has 0 radical (unpaired) electrons. The Balaban J connectivity index is 1.59. The van der Waals surface area contributed by atoms with Gasteiger partial charge in [-0.1, -0.05) is 6.42 Å². The Bertz CT molecular complexity index is 482. The number of methoxy groups -OCH3 is 1. The molecule has 1 unspecified atom stereocenters. The lowest BCUT2D eigenvalue weighted by Crippen LogP contribution is -2.39. The first kappa shape index (κ1) is 14.4. The number of carbonyl (C=O) groups excluding carboxylic acids is 1. The molecule has 0 spiro atoms. The van der Waals surface area contributed by atoms with Gasteiger partial charge < -0.3 is 15.0 Å². The molecule has 1 atom stereocenters. The Morgan fingerprint density at radius 2 is 1.95 bits per heavy atom. The molecular weight excluding hydrogens is 264 g/mol. The minimum Gasteiger partial charge on any atom is -0.380 e. The van der Waals surface area contributed by atoms with Gasteiger partial charge in [0.1, 0.15) is 0 Å². The summed E-state index contributed by atoms with van der Waals surface area (Å²) in [5.74, 6) is 0.403. The van der Waals surface area contributed by atoms with Crippen molar-refractivity contribution in [3.63, 3.8) is 0 Å². The van der Waals surface area contributed by atoms with E-state index in [0.29, 0.717) is 6.10 Å². The van der Waals surface area contributed by atoms with Crippen molar-refractivity contribution in [3.8, 4) is 0 Å². The highest BCUT2D eigenvalue weighted by Gasteiger charge is 2.25. The summed E-state index contributed by atoms with van der Waals surface area (Å²) in [4.78, 5) is 14.3. The number of nitrogens with one attached hydrogen (secondary N) is 1. The molecule has 4 nitrogen and oxygen atoms in total. The number of hydrogen-bond acceptors (Lipinski definition) is 3. The van der Waals surface area contributed by atoms with Crippen LogP contribution in [0, 0.1) is 5.92 Å². The largest absolute Gasteiger partial charge is 0.380 e. The van der Waals surface area contributed by atoms with Gasteiger partial charge in [0.25, 0.3) is 0 Å². The van der Waals surface area contributed by atoms with E-state index in [1.807, 2.05) is 12.1 Å². The van der Waals surface area contributed by atoms with Gasteiger partial charge in [-0.05, 0) is 49.9 Å².